The summed E-state index contributed by atoms with van der Waals surface area (Å²) >= 11 is 0. The average Bonchev–Trinajstić information content (AvgIpc) is 2.71. The molecule has 0 saturated heterocycles. The van der Waals surface area contributed by atoms with Crippen molar-refractivity contribution in [2.45, 2.75) is 52.0 Å². The van der Waals surface area contributed by atoms with Gasteiger partial charge in [-0.2, -0.15) is 5.10 Å². The van der Waals surface area contributed by atoms with E-state index in [-0.39, 0.29) is 11.3 Å². The molecule has 0 radical (unpaired) electrons. The van der Waals surface area contributed by atoms with Crippen LogP contribution in [0.5, 0.6) is 0 Å². The number of ketones is 1. The van der Waals surface area contributed by atoms with Gasteiger partial charge in [-0.25, -0.2) is 0 Å². The predicted molar refractivity (Wildman–Crippen MR) is 72.0 cm³/mol. The van der Waals surface area contributed by atoms with Crippen molar-refractivity contribution in [3.63, 3.8) is 0 Å². The second kappa shape index (κ2) is 5.22. The zero-order chi connectivity index (χ0) is 13.2. The highest BCUT2D eigenvalue weighted by molar-refractivity contribution is 5.96. The number of aryl methyl sites for hydroxylation is 1. The van der Waals surface area contributed by atoms with Gasteiger partial charge in [-0.05, 0) is 53.1 Å². The van der Waals surface area contributed by atoms with E-state index in [0.29, 0.717) is 6.42 Å². The van der Waals surface area contributed by atoms with E-state index in [1.807, 2.05) is 10.9 Å². The van der Waals surface area contributed by atoms with Crippen LogP contribution >= 0.6 is 0 Å². The molecule has 1 aromatic heterocycles. The van der Waals surface area contributed by atoms with Gasteiger partial charge in [-0.1, -0.05) is 0 Å². The van der Waals surface area contributed by atoms with Crippen molar-refractivity contribution < 1.29 is 4.79 Å². The van der Waals surface area contributed by atoms with Gasteiger partial charge in [-0.3, -0.25) is 9.48 Å². The van der Waals surface area contributed by atoms with Crippen LogP contribution in [0.4, 0.5) is 0 Å². The normalized spacial score (nSPS) is 18.5. The van der Waals surface area contributed by atoms with Crippen molar-refractivity contribution in [1.29, 1.82) is 0 Å². The van der Waals surface area contributed by atoms with Crippen molar-refractivity contribution in [2.75, 3.05) is 13.1 Å². The van der Waals surface area contributed by atoms with Crippen molar-refractivity contribution in [2.24, 2.45) is 0 Å². The third-order valence-corrected chi connectivity index (χ3v) is 3.30. The summed E-state index contributed by atoms with van der Waals surface area (Å²) in [4.78, 5) is 12.4. The molecule has 18 heavy (non-hydrogen) atoms. The van der Waals surface area contributed by atoms with Gasteiger partial charge in [0.1, 0.15) is 5.69 Å². The summed E-state index contributed by atoms with van der Waals surface area (Å²) < 4.78 is 1.90. The zero-order valence-electron chi connectivity index (χ0n) is 11.6. The third-order valence-electron chi connectivity index (χ3n) is 3.30. The Morgan fingerprint density at radius 2 is 1.89 bits per heavy atom. The standard InChI is InChI=1S/C14H23N3O/c1-14(2,3)17-13-11(10-16-17)6-4-8-15-9-5-7-12(13)18/h10,15H,4-9H2,1-3H3. The summed E-state index contributed by atoms with van der Waals surface area (Å²) in [5.41, 5.74) is 1.81. The van der Waals surface area contributed by atoms with Gasteiger partial charge in [0, 0.05) is 12.0 Å². The van der Waals surface area contributed by atoms with Crippen LogP contribution in [-0.2, 0) is 12.0 Å². The molecular weight excluding hydrogens is 226 g/mol. The molecule has 1 N–H and O–H groups in total. The Balaban J connectivity index is 2.37. The number of fused-ring (bicyclic) bond motifs is 1. The average molecular weight is 249 g/mol. The molecule has 4 nitrogen and oxygen atoms in total. The maximum atomic E-state index is 12.4. The molecule has 0 atom stereocenters. The number of hydrogen-bond donors (Lipinski definition) is 1. The molecule has 4 heteroatoms. The molecular formula is C14H23N3O. The summed E-state index contributed by atoms with van der Waals surface area (Å²) in [7, 11) is 0. The van der Waals surface area contributed by atoms with Gasteiger partial charge in [-0.15, -0.1) is 0 Å². The van der Waals surface area contributed by atoms with Crippen LogP contribution in [0, 0.1) is 0 Å². The number of Topliss-reactive ketones (excluding diaryl/α,β-unsaturated/α-hetero) is 1. The van der Waals surface area contributed by atoms with E-state index in [1.54, 1.807) is 0 Å². The topological polar surface area (TPSA) is 46.9 Å². The molecule has 1 aliphatic rings. The van der Waals surface area contributed by atoms with Gasteiger partial charge in [0.05, 0.1) is 11.7 Å². The maximum Gasteiger partial charge on any atom is 0.181 e. The van der Waals surface area contributed by atoms with Crippen molar-refractivity contribution >= 4 is 5.78 Å². The van der Waals surface area contributed by atoms with Gasteiger partial charge in [0.25, 0.3) is 0 Å². The lowest BCUT2D eigenvalue weighted by molar-refractivity contribution is 0.0960. The molecule has 0 spiro atoms. The molecule has 0 fully saturated rings. The van der Waals surface area contributed by atoms with Crippen molar-refractivity contribution in [3.05, 3.63) is 17.5 Å². The number of carbonyl (C=O) groups is 1. The van der Waals surface area contributed by atoms with Crippen molar-refractivity contribution in [3.8, 4) is 0 Å². The SMILES string of the molecule is CC(C)(C)n1ncc2c1C(=O)CCCNCCC2. The monoisotopic (exact) mass is 249 g/mol. The quantitative estimate of drug-likeness (QED) is 0.766. The Bertz CT molecular complexity index is 429. The summed E-state index contributed by atoms with van der Waals surface area (Å²) in [6, 6.07) is 0. The fourth-order valence-electron chi connectivity index (χ4n) is 2.39. The number of hydrogen-bond acceptors (Lipinski definition) is 3. The van der Waals surface area contributed by atoms with E-state index in [9.17, 15) is 4.79 Å². The smallest absolute Gasteiger partial charge is 0.181 e. The predicted octanol–water partition coefficient (Wildman–Crippen LogP) is 2.14. The minimum atomic E-state index is -0.133. The first-order valence-electron chi connectivity index (χ1n) is 6.81. The number of carbonyl (C=O) groups excluding carboxylic acids is 1. The molecule has 0 saturated carbocycles. The summed E-state index contributed by atoms with van der Waals surface area (Å²) in [6.45, 7) is 8.23. The zero-order valence-corrected chi connectivity index (χ0v) is 11.6. The van der Waals surface area contributed by atoms with Crippen LogP contribution in [-0.4, -0.2) is 28.7 Å². The third kappa shape index (κ3) is 2.80. The Kier molecular flexibility index (Phi) is 3.85. The fourth-order valence-corrected chi connectivity index (χ4v) is 2.39. The Morgan fingerprint density at radius 3 is 2.56 bits per heavy atom. The van der Waals surface area contributed by atoms with Crippen LogP contribution in [0.1, 0.15) is 56.1 Å². The molecule has 0 aliphatic carbocycles. The van der Waals surface area contributed by atoms with E-state index in [2.05, 4.69) is 31.2 Å². The molecule has 0 amide bonds. The fraction of sp³-hybridized carbons (Fsp3) is 0.714. The molecule has 0 aromatic carbocycles. The molecule has 2 rings (SSSR count). The number of nitrogens with zero attached hydrogens (tertiary/aromatic N) is 2. The van der Waals surface area contributed by atoms with Gasteiger partial charge in [0.2, 0.25) is 0 Å². The first-order valence-corrected chi connectivity index (χ1v) is 6.81. The Labute approximate surface area is 109 Å². The lowest BCUT2D eigenvalue weighted by atomic mass is 10.0. The van der Waals surface area contributed by atoms with E-state index < -0.39 is 0 Å². The number of aromatic nitrogens is 2. The second-order valence-electron chi connectivity index (χ2n) is 5.98. The van der Waals surface area contributed by atoms with E-state index in [1.165, 1.54) is 0 Å². The first-order chi connectivity index (χ1) is 8.50. The van der Waals surface area contributed by atoms with E-state index >= 15 is 0 Å². The molecule has 1 aliphatic heterocycles. The molecule has 0 bridgehead atoms. The van der Waals surface area contributed by atoms with Crippen molar-refractivity contribution in [1.82, 2.24) is 15.1 Å². The second-order valence-corrected chi connectivity index (χ2v) is 5.98. The largest absolute Gasteiger partial charge is 0.317 e. The molecule has 2 heterocycles. The first kappa shape index (κ1) is 13.3. The van der Waals surface area contributed by atoms with Crippen LogP contribution in [0.2, 0.25) is 0 Å². The van der Waals surface area contributed by atoms with E-state index in [4.69, 9.17) is 0 Å². The van der Waals surface area contributed by atoms with Crippen LogP contribution in [0.3, 0.4) is 0 Å². The summed E-state index contributed by atoms with van der Waals surface area (Å²) in [5.74, 6) is 0.237. The van der Waals surface area contributed by atoms with Gasteiger partial charge in [0.15, 0.2) is 5.78 Å². The summed E-state index contributed by atoms with van der Waals surface area (Å²) in [5, 5.41) is 7.80. The highest BCUT2D eigenvalue weighted by Crippen LogP contribution is 2.22. The Hall–Kier alpha value is -1.16. The number of nitrogens with one attached hydrogen (secondary N) is 1. The highest BCUT2D eigenvalue weighted by atomic mass is 16.1. The van der Waals surface area contributed by atoms with Crippen LogP contribution < -0.4 is 5.32 Å². The molecule has 1 aromatic rings. The minimum Gasteiger partial charge on any atom is -0.317 e. The number of rotatable bonds is 0. The minimum absolute atomic E-state index is 0.133. The summed E-state index contributed by atoms with van der Waals surface area (Å²) in [6.07, 6.45) is 5.40. The van der Waals surface area contributed by atoms with Gasteiger partial charge >= 0.3 is 0 Å². The lowest BCUT2D eigenvalue weighted by Crippen LogP contribution is -2.28. The highest BCUT2D eigenvalue weighted by Gasteiger charge is 2.25. The Morgan fingerprint density at radius 1 is 1.22 bits per heavy atom. The van der Waals surface area contributed by atoms with Gasteiger partial charge < -0.3 is 5.32 Å². The maximum absolute atomic E-state index is 12.4. The molecule has 100 valence electrons. The van der Waals surface area contributed by atoms with Crippen LogP contribution in [0.15, 0.2) is 6.20 Å². The van der Waals surface area contributed by atoms with E-state index in [0.717, 1.165) is 43.6 Å². The lowest BCUT2D eigenvalue weighted by Gasteiger charge is -2.22. The molecule has 0 unspecified atom stereocenters. The van der Waals surface area contributed by atoms with Crippen LogP contribution in [0.25, 0.3) is 0 Å².